The maximum Gasteiger partial charge on any atom is 0.306 e. The predicted molar refractivity (Wildman–Crippen MR) is 69.2 cm³/mol. The van der Waals surface area contributed by atoms with Crippen LogP contribution >= 0.6 is 22.6 Å². The molecule has 17 heavy (non-hydrogen) atoms. The van der Waals surface area contributed by atoms with Crippen LogP contribution in [0.25, 0.3) is 0 Å². The van der Waals surface area contributed by atoms with Crippen molar-refractivity contribution >= 4 is 28.6 Å². The molecular weight excluding hydrogens is 341 g/mol. The molecule has 1 unspecified atom stereocenters. The Bertz CT molecular complexity index is 396. The van der Waals surface area contributed by atoms with Crippen molar-refractivity contribution < 1.29 is 18.3 Å². The van der Waals surface area contributed by atoms with E-state index in [0.717, 1.165) is 23.0 Å². The van der Waals surface area contributed by atoms with Gasteiger partial charge in [0, 0.05) is 4.43 Å². The fourth-order valence-corrected chi connectivity index (χ4v) is 2.32. The molecule has 94 valence electrons. The average molecular weight is 354 g/mol. The van der Waals surface area contributed by atoms with Gasteiger partial charge in [0.15, 0.2) is 11.6 Å². The summed E-state index contributed by atoms with van der Waals surface area (Å²) in [6, 6.07) is 3.75. The number of carbonyl (C=O) groups excluding carboxylic acids is 1. The maximum atomic E-state index is 13.1. The Balaban J connectivity index is 2.88. The van der Waals surface area contributed by atoms with Crippen LogP contribution in [-0.2, 0) is 9.53 Å². The lowest BCUT2D eigenvalue weighted by Crippen LogP contribution is -2.09. The lowest BCUT2D eigenvalue weighted by Gasteiger charge is -2.15. The van der Waals surface area contributed by atoms with Gasteiger partial charge in [-0.05, 0) is 30.0 Å². The van der Waals surface area contributed by atoms with Gasteiger partial charge in [-0.2, -0.15) is 0 Å². The van der Waals surface area contributed by atoms with E-state index in [1.807, 2.05) is 0 Å². The molecule has 0 radical (unpaired) electrons. The number of ether oxygens (including phenoxy) is 1. The Morgan fingerprint density at radius 3 is 2.65 bits per heavy atom. The number of methoxy groups -OCH3 is 1. The zero-order valence-corrected chi connectivity index (χ0v) is 11.5. The highest BCUT2D eigenvalue weighted by Gasteiger charge is 2.17. The molecule has 1 aromatic rings. The lowest BCUT2D eigenvalue weighted by atomic mass is 9.93. The molecule has 0 saturated heterocycles. The number of esters is 1. The molecule has 1 atom stereocenters. The van der Waals surface area contributed by atoms with Crippen molar-refractivity contribution in [3.63, 3.8) is 0 Å². The molecule has 0 aromatic heterocycles. The number of benzene rings is 1. The second-order valence-electron chi connectivity index (χ2n) is 3.63. The van der Waals surface area contributed by atoms with Gasteiger partial charge in [0.1, 0.15) is 0 Å². The van der Waals surface area contributed by atoms with Crippen molar-refractivity contribution in [2.24, 2.45) is 0 Å². The molecule has 1 rings (SSSR count). The summed E-state index contributed by atoms with van der Waals surface area (Å²) in [6.45, 7) is 0. The number of hydrogen-bond acceptors (Lipinski definition) is 2. The minimum atomic E-state index is -0.883. The van der Waals surface area contributed by atoms with Gasteiger partial charge in [0.25, 0.3) is 0 Å². The van der Waals surface area contributed by atoms with Crippen molar-refractivity contribution in [3.05, 3.63) is 35.4 Å². The quantitative estimate of drug-likeness (QED) is 0.460. The minimum absolute atomic E-state index is 0.130. The number of rotatable bonds is 5. The molecule has 0 heterocycles. The van der Waals surface area contributed by atoms with Crippen molar-refractivity contribution in [1.29, 1.82) is 0 Å². The highest BCUT2D eigenvalue weighted by Crippen LogP contribution is 2.26. The molecule has 2 nitrogen and oxygen atoms in total. The predicted octanol–water partition coefficient (Wildman–Crippen LogP) is 3.44. The Labute approximate surface area is 112 Å². The first-order valence-corrected chi connectivity index (χ1v) is 6.68. The monoisotopic (exact) mass is 354 g/mol. The highest BCUT2D eigenvalue weighted by atomic mass is 127. The first-order valence-electron chi connectivity index (χ1n) is 5.16. The van der Waals surface area contributed by atoms with E-state index < -0.39 is 11.6 Å². The van der Waals surface area contributed by atoms with E-state index in [1.54, 1.807) is 0 Å². The van der Waals surface area contributed by atoms with Crippen LogP contribution in [-0.4, -0.2) is 17.5 Å². The van der Waals surface area contributed by atoms with Crippen LogP contribution in [0.15, 0.2) is 18.2 Å². The van der Waals surface area contributed by atoms with Gasteiger partial charge in [-0.15, -0.1) is 0 Å². The van der Waals surface area contributed by atoms with Crippen LogP contribution in [0.5, 0.6) is 0 Å². The van der Waals surface area contributed by atoms with E-state index in [-0.39, 0.29) is 18.3 Å². The Kier molecular flexibility index (Phi) is 5.80. The van der Waals surface area contributed by atoms with Gasteiger partial charge in [0.2, 0.25) is 0 Å². The molecule has 0 aliphatic rings. The highest BCUT2D eigenvalue weighted by molar-refractivity contribution is 14.1. The minimum Gasteiger partial charge on any atom is -0.469 e. The van der Waals surface area contributed by atoms with Crippen molar-refractivity contribution in [1.82, 2.24) is 0 Å². The lowest BCUT2D eigenvalue weighted by molar-refractivity contribution is -0.141. The Morgan fingerprint density at radius 2 is 2.12 bits per heavy atom. The molecule has 0 aliphatic carbocycles. The maximum absolute atomic E-state index is 13.1. The van der Waals surface area contributed by atoms with Crippen LogP contribution in [0.3, 0.4) is 0 Å². The molecule has 0 fully saturated rings. The van der Waals surface area contributed by atoms with Crippen LogP contribution in [0, 0.1) is 11.6 Å². The van der Waals surface area contributed by atoms with E-state index in [4.69, 9.17) is 0 Å². The van der Waals surface area contributed by atoms with Crippen LogP contribution < -0.4 is 0 Å². The van der Waals surface area contributed by atoms with Gasteiger partial charge in [-0.25, -0.2) is 8.78 Å². The van der Waals surface area contributed by atoms with E-state index in [1.165, 1.54) is 13.2 Å². The SMILES string of the molecule is COC(=O)CC(CCI)c1ccc(F)c(F)c1. The van der Waals surface area contributed by atoms with Crippen LogP contribution in [0.1, 0.15) is 24.3 Å². The summed E-state index contributed by atoms with van der Waals surface area (Å²) in [5.41, 5.74) is 0.631. The molecule has 0 amide bonds. The third-order valence-electron chi connectivity index (χ3n) is 2.51. The summed E-state index contributed by atoms with van der Waals surface area (Å²) in [6.07, 6.45) is 0.908. The second kappa shape index (κ2) is 6.88. The number of halogens is 3. The largest absolute Gasteiger partial charge is 0.469 e. The second-order valence-corrected chi connectivity index (χ2v) is 4.71. The van der Waals surface area contributed by atoms with Gasteiger partial charge in [-0.3, -0.25) is 4.79 Å². The first-order chi connectivity index (χ1) is 8.08. The van der Waals surface area contributed by atoms with Gasteiger partial charge in [0.05, 0.1) is 13.5 Å². The van der Waals surface area contributed by atoms with Crippen molar-refractivity contribution in [2.75, 3.05) is 11.5 Å². The third-order valence-corrected chi connectivity index (χ3v) is 3.14. The standard InChI is InChI=1S/C12H13F2IO2/c1-17-12(16)7-9(4-5-15)8-2-3-10(13)11(14)6-8/h2-3,6,9H,4-5,7H2,1H3. The average Bonchev–Trinajstić information content (AvgIpc) is 2.32. The van der Waals surface area contributed by atoms with Crippen molar-refractivity contribution in [2.45, 2.75) is 18.8 Å². The van der Waals surface area contributed by atoms with Gasteiger partial charge in [-0.1, -0.05) is 28.7 Å². The van der Waals surface area contributed by atoms with Gasteiger partial charge < -0.3 is 4.74 Å². The van der Waals surface area contributed by atoms with Gasteiger partial charge >= 0.3 is 5.97 Å². The summed E-state index contributed by atoms with van der Waals surface area (Å²) in [5, 5.41) is 0. The smallest absolute Gasteiger partial charge is 0.306 e. The molecule has 0 aliphatic heterocycles. The molecule has 0 N–H and O–H groups in total. The zero-order chi connectivity index (χ0) is 12.8. The molecule has 5 heteroatoms. The molecule has 1 aromatic carbocycles. The number of alkyl halides is 1. The number of hydrogen-bond donors (Lipinski definition) is 0. The molecule has 0 saturated carbocycles. The third kappa shape index (κ3) is 4.22. The van der Waals surface area contributed by atoms with Crippen LogP contribution in [0.4, 0.5) is 8.78 Å². The molecule has 0 spiro atoms. The summed E-state index contributed by atoms with van der Waals surface area (Å²) in [4.78, 5) is 11.2. The molecule has 0 bridgehead atoms. The fraction of sp³-hybridized carbons (Fsp3) is 0.417. The van der Waals surface area contributed by atoms with E-state index in [0.29, 0.717) is 5.56 Å². The first kappa shape index (κ1) is 14.3. The fourth-order valence-electron chi connectivity index (χ4n) is 1.57. The van der Waals surface area contributed by atoms with Crippen molar-refractivity contribution in [3.8, 4) is 0 Å². The summed E-state index contributed by atoms with van der Waals surface area (Å²) >= 11 is 2.18. The molecular formula is C12H13F2IO2. The normalized spacial score (nSPS) is 12.2. The number of carbonyl (C=O) groups is 1. The van der Waals surface area contributed by atoms with E-state index in [2.05, 4.69) is 27.3 Å². The Morgan fingerprint density at radius 1 is 1.41 bits per heavy atom. The topological polar surface area (TPSA) is 26.3 Å². The Hall–Kier alpha value is -0.720. The van der Waals surface area contributed by atoms with Crippen LogP contribution in [0.2, 0.25) is 0 Å². The summed E-state index contributed by atoms with van der Waals surface area (Å²) in [7, 11) is 1.31. The summed E-state index contributed by atoms with van der Waals surface area (Å²) in [5.74, 6) is -2.23. The van der Waals surface area contributed by atoms with E-state index in [9.17, 15) is 13.6 Å². The zero-order valence-electron chi connectivity index (χ0n) is 9.38. The summed E-state index contributed by atoms with van der Waals surface area (Å²) < 4.78 is 31.3. The van der Waals surface area contributed by atoms with E-state index >= 15 is 0 Å².